The van der Waals surface area contributed by atoms with Gasteiger partial charge in [-0.25, -0.2) is 0 Å². The highest BCUT2D eigenvalue weighted by atomic mass is 16.5. The Morgan fingerprint density at radius 2 is 1.55 bits per heavy atom. The Labute approximate surface area is 171 Å². The first-order valence-electron chi connectivity index (χ1n) is 9.89. The summed E-state index contributed by atoms with van der Waals surface area (Å²) < 4.78 is 10.9. The lowest BCUT2D eigenvalue weighted by atomic mass is 9.91. The van der Waals surface area contributed by atoms with Gasteiger partial charge in [0, 0.05) is 13.1 Å². The topological polar surface area (TPSA) is 62.2 Å². The van der Waals surface area contributed by atoms with Gasteiger partial charge in [-0.2, -0.15) is 0 Å². The van der Waals surface area contributed by atoms with Crippen molar-refractivity contribution in [2.24, 2.45) is 0 Å². The summed E-state index contributed by atoms with van der Waals surface area (Å²) in [6.07, 6.45) is 0.902. The van der Waals surface area contributed by atoms with Gasteiger partial charge in [-0.1, -0.05) is 24.3 Å². The number of aliphatic hydroxyl groups excluding tert-OH is 2. The third-order valence-corrected chi connectivity index (χ3v) is 5.82. The molecule has 1 aliphatic rings. The largest absolute Gasteiger partial charge is 0.493 e. The SMILES string of the molecule is COc1cc2c(cc1OC)C(CO)N(Cc1ccc3cc(CO)ccc3c1)CC2. The van der Waals surface area contributed by atoms with E-state index in [0.29, 0.717) is 5.75 Å². The van der Waals surface area contributed by atoms with Gasteiger partial charge in [-0.3, -0.25) is 4.90 Å². The third kappa shape index (κ3) is 3.81. The molecule has 4 rings (SSSR count). The van der Waals surface area contributed by atoms with Crippen LogP contribution < -0.4 is 9.47 Å². The number of methoxy groups -OCH3 is 2. The van der Waals surface area contributed by atoms with Crippen molar-refractivity contribution in [3.05, 3.63) is 70.8 Å². The van der Waals surface area contributed by atoms with Crippen molar-refractivity contribution in [1.29, 1.82) is 0 Å². The first-order valence-corrected chi connectivity index (χ1v) is 9.89. The van der Waals surface area contributed by atoms with Crippen molar-refractivity contribution in [2.45, 2.75) is 25.6 Å². The number of rotatable bonds is 6. The second kappa shape index (κ2) is 8.41. The fourth-order valence-electron chi connectivity index (χ4n) is 4.26. The van der Waals surface area contributed by atoms with Crippen LogP contribution in [0.5, 0.6) is 11.5 Å². The summed E-state index contributed by atoms with van der Waals surface area (Å²) in [5.41, 5.74) is 4.43. The van der Waals surface area contributed by atoms with E-state index in [4.69, 9.17) is 9.47 Å². The molecule has 29 heavy (non-hydrogen) atoms. The second-order valence-corrected chi connectivity index (χ2v) is 7.50. The molecule has 2 N–H and O–H groups in total. The smallest absolute Gasteiger partial charge is 0.161 e. The number of hydrogen-bond acceptors (Lipinski definition) is 5. The first-order chi connectivity index (χ1) is 14.2. The monoisotopic (exact) mass is 393 g/mol. The van der Waals surface area contributed by atoms with Crippen molar-refractivity contribution < 1.29 is 19.7 Å². The van der Waals surface area contributed by atoms with Crippen molar-refractivity contribution in [3.8, 4) is 11.5 Å². The molecule has 0 amide bonds. The number of nitrogens with zero attached hydrogens (tertiary/aromatic N) is 1. The van der Waals surface area contributed by atoms with E-state index in [9.17, 15) is 10.2 Å². The molecule has 0 fully saturated rings. The number of benzene rings is 3. The standard InChI is InChI=1S/C24H27NO4/c1-28-23-11-20-7-8-25(22(15-27)21(20)12-24(23)29-2)13-16-3-5-19-10-17(14-26)4-6-18(19)9-16/h3-6,9-12,22,26-27H,7-8,13-15H2,1-2H3. The number of fused-ring (bicyclic) bond motifs is 2. The zero-order valence-electron chi connectivity index (χ0n) is 16.9. The second-order valence-electron chi connectivity index (χ2n) is 7.50. The molecule has 0 aliphatic carbocycles. The number of aliphatic hydroxyl groups is 2. The van der Waals surface area contributed by atoms with Gasteiger partial charge in [0.2, 0.25) is 0 Å². The summed E-state index contributed by atoms with van der Waals surface area (Å²) in [6.45, 7) is 1.74. The van der Waals surface area contributed by atoms with Crippen LogP contribution in [0.3, 0.4) is 0 Å². The Hall–Kier alpha value is -2.60. The van der Waals surface area contributed by atoms with E-state index in [1.165, 1.54) is 11.1 Å². The van der Waals surface area contributed by atoms with Gasteiger partial charge in [0.25, 0.3) is 0 Å². The predicted octanol–water partition coefficient (Wildman–Crippen LogP) is 3.44. The van der Waals surface area contributed by atoms with Crippen LogP contribution in [0.25, 0.3) is 10.8 Å². The summed E-state index contributed by atoms with van der Waals surface area (Å²) in [6, 6.07) is 16.4. The van der Waals surface area contributed by atoms with Crippen LogP contribution in [0, 0.1) is 0 Å². The minimum atomic E-state index is -0.0778. The quantitative estimate of drug-likeness (QED) is 0.672. The van der Waals surface area contributed by atoms with Crippen LogP contribution in [0.2, 0.25) is 0 Å². The van der Waals surface area contributed by atoms with Crippen molar-refractivity contribution in [2.75, 3.05) is 27.4 Å². The fraction of sp³-hybridized carbons (Fsp3) is 0.333. The van der Waals surface area contributed by atoms with Gasteiger partial charge in [-0.15, -0.1) is 0 Å². The average Bonchev–Trinajstić information content (AvgIpc) is 2.77. The summed E-state index contributed by atoms with van der Waals surface area (Å²) in [5.74, 6) is 1.42. The lowest BCUT2D eigenvalue weighted by molar-refractivity contribution is 0.108. The molecule has 1 atom stereocenters. The maximum atomic E-state index is 10.2. The summed E-state index contributed by atoms with van der Waals surface area (Å²) in [4.78, 5) is 2.32. The fourth-order valence-corrected chi connectivity index (χ4v) is 4.26. The van der Waals surface area contributed by atoms with Crippen molar-refractivity contribution >= 4 is 10.8 Å². The molecule has 5 nitrogen and oxygen atoms in total. The molecule has 0 bridgehead atoms. The Kier molecular flexibility index (Phi) is 5.72. The molecule has 0 radical (unpaired) electrons. The van der Waals surface area contributed by atoms with E-state index in [1.54, 1.807) is 14.2 Å². The van der Waals surface area contributed by atoms with E-state index < -0.39 is 0 Å². The molecule has 5 heteroatoms. The van der Waals surface area contributed by atoms with Gasteiger partial charge < -0.3 is 19.7 Å². The summed E-state index contributed by atoms with van der Waals surface area (Å²) in [5, 5.41) is 21.8. The van der Waals surface area contributed by atoms with E-state index >= 15 is 0 Å². The minimum absolute atomic E-state index is 0.0515. The highest BCUT2D eigenvalue weighted by molar-refractivity contribution is 5.83. The molecule has 3 aromatic carbocycles. The van der Waals surface area contributed by atoms with E-state index in [2.05, 4.69) is 29.2 Å². The Bertz CT molecular complexity index is 1020. The maximum absolute atomic E-state index is 10.2. The van der Waals surface area contributed by atoms with Gasteiger partial charge in [0.1, 0.15) is 0 Å². The molecule has 0 saturated heterocycles. The van der Waals surface area contributed by atoms with Crippen LogP contribution >= 0.6 is 0 Å². The summed E-state index contributed by atoms with van der Waals surface area (Å²) >= 11 is 0. The normalized spacial score (nSPS) is 16.6. The zero-order chi connectivity index (χ0) is 20.4. The van der Waals surface area contributed by atoms with Crippen molar-refractivity contribution in [3.63, 3.8) is 0 Å². The van der Waals surface area contributed by atoms with Gasteiger partial charge in [0.15, 0.2) is 11.5 Å². The predicted molar refractivity (Wildman–Crippen MR) is 113 cm³/mol. The highest BCUT2D eigenvalue weighted by Gasteiger charge is 2.28. The lowest BCUT2D eigenvalue weighted by Gasteiger charge is -2.37. The van der Waals surface area contributed by atoms with Crippen LogP contribution in [0.1, 0.15) is 28.3 Å². The molecule has 0 aromatic heterocycles. The molecular formula is C24H27NO4. The van der Waals surface area contributed by atoms with Crippen molar-refractivity contribution in [1.82, 2.24) is 4.90 Å². The molecule has 1 unspecified atom stereocenters. The summed E-state index contributed by atoms with van der Waals surface area (Å²) in [7, 11) is 3.28. The molecule has 1 aliphatic heterocycles. The Morgan fingerprint density at radius 1 is 0.897 bits per heavy atom. The molecule has 0 spiro atoms. The number of hydrogen-bond donors (Lipinski definition) is 2. The van der Waals surface area contributed by atoms with Gasteiger partial charge in [0.05, 0.1) is 33.5 Å². The molecule has 152 valence electrons. The first kappa shape index (κ1) is 19.7. The highest BCUT2D eigenvalue weighted by Crippen LogP contribution is 2.38. The molecule has 0 saturated carbocycles. The van der Waals surface area contributed by atoms with Crippen LogP contribution in [-0.4, -0.2) is 42.5 Å². The third-order valence-electron chi connectivity index (χ3n) is 5.82. The number of ether oxygens (including phenoxy) is 2. The maximum Gasteiger partial charge on any atom is 0.161 e. The minimum Gasteiger partial charge on any atom is -0.493 e. The molecule has 1 heterocycles. The van der Waals surface area contributed by atoms with E-state index in [1.807, 2.05) is 24.3 Å². The van der Waals surface area contributed by atoms with Crippen LogP contribution in [0.15, 0.2) is 48.5 Å². The van der Waals surface area contributed by atoms with E-state index in [0.717, 1.165) is 47.2 Å². The van der Waals surface area contributed by atoms with Gasteiger partial charge in [-0.05, 0) is 63.7 Å². The van der Waals surface area contributed by atoms with Gasteiger partial charge >= 0.3 is 0 Å². The average molecular weight is 393 g/mol. The lowest BCUT2D eigenvalue weighted by Crippen LogP contribution is -2.37. The Morgan fingerprint density at radius 3 is 2.21 bits per heavy atom. The zero-order valence-corrected chi connectivity index (χ0v) is 16.9. The van der Waals surface area contributed by atoms with Crippen LogP contribution in [-0.2, 0) is 19.6 Å². The van der Waals surface area contributed by atoms with E-state index in [-0.39, 0.29) is 19.3 Å². The molecule has 3 aromatic rings. The molecular weight excluding hydrogens is 366 g/mol. The Balaban J connectivity index is 1.62. The van der Waals surface area contributed by atoms with Crippen LogP contribution in [0.4, 0.5) is 0 Å².